The second kappa shape index (κ2) is 7.16. The van der Waals surface area contributed by atoms with E-state index in [1.165, 1.54) is 18.2 Å². The first-order valence-corrected chi connectivity index (χ1v) is 6.96. The first-order valence-electron chi connectivity index (χ1n) is 6.17. The summed E-state index contributed by atoms with van der Waals surface area (Å²) in [5, 5.41) is 22.1. The average molecular weight is 359 g/mol. The largest absolute Gasteiger partial charge is 0.480 e. The van der Waals surface area contributed by atoms with E-state index in [0.717, 1.165) is 0 Å². The predicted octanol–water partition coefficient (Wildman–Crippen LogP) is 2.13. The summed E-state index contributed by atoms with van der Waals surface area (Å²) in [7, 11) is 0. The Labute approximate surface area is 129 Å². The molecule has 1 atom stereocenters. The molecule has 1 aromatic carbocycles. The number of hydrogen-bond acceptors (Lipinski definition) is 4. The minimum atomic E-state index is -1.10. The van der Waals surface area contributed by atoms with E-state index in [1.54, 1.807) is 13.8 Å². The van der Waals surface area contributed by atoms with E-state index < -0.39 is 22.8 Å². The average Bonchev–Trinajstić information content (AvgIpc) is 2.37. The Kier molecular flexibility index (Phi) is 5.83. The van der Waals surface area contributed by atoms with Crippen molar-refractivity contribution in [2.24, 2.45) is 5.92 Å². The molecule has 0 aliphatic carbocycles. The van der Waals surface area contributed by atoms with Gasteiger partial charge in [-0.15, -0.1) is 0 Å². The smallest absolute Gasteiger partial charge is 0.326 e. The van der Waals surface area contributed by atoms with Gasteiger partial charge in [-0.25, -0.2) is 4.79 Å². The quantitative estimate of drug-likeness (QED) is 0.597. The van der Waals surface area contributed by atoms with Gasteiger partial charge in [0.25, 0.3) is 5.69 Å². The van der Waals surface area contributed by atoms with Crippen LogP contribution in [0.5, 0.6) is 0 Å². The molecule has 2 N–H and O–H groups in total. The summed E-state index contributed by atoms with van der Waals surface area (Å²) in [6.07, 6.45) is -0.0604. The minimum absolute atomic E-state index is 0.0604. The van der Waals surface area contributed by atoms with Crippen LogP contribution in [-0.4, -0.2) is 27.9 Å². The third-order valence-corrected chi connectivity index (χ3v) is 3.59. The fourth-order valence-electron chi connectivity index (χ4n) is 1.70. The first-order chi connectivity index (χ1) is 9.72. The fourth-order valence-corrected chi connectivity index (χ4v) is 2.21. The molecular weight excluding hydrogens is 344 g/mol. The Hall–Kier alpha value is -1.96. The Morgan fingerprint density at radius 3 is 2.48 bits per heavy atom. The summed E-state index contributed by atoms with van der Waals surface area (Å²) < 4.78 is 0.434. The summed E-state index contributed by atoms with van der Waals surface area (Å²) in [6, 6.07) is 3.10. The molecule has 21 heavy (non-hydrogen) atoms. The second-order valence-electron chi connectivity index (χ2n) is 4.84. The van der Waals surface area contributed by atoms with Crippen molar-refractivity contribution in [1.29, 1.82) is 0 Å². The standard InChI is InChI=1S/C13H15BrN2O5/c1-7(2)12(13(18)19)15-11(17)5-8-3-4-9(16(20)21)6-10(8)14/h3-4,6-7,12H,5H2,1-2H3,(H,15,17)(H,18,19). The van der Waals surface area contributed by atoms with Crippen molar-refractivity contribution < 1.29 is 19.6 Å². The molecule has 7 nitrogen and oxygen atoms in total. The van der Waals surface area contributed by atoms with Gasteiger partial charge in [0.2, 0.25) is 5.91 Å². The van der Waals surface area contributed by atoms with Crippen molar-refractivity contribution in [2.75, 3.05) is 0 Å². The van der Waals surface area contributed by atoms with Crippen LogP contribution in [0.1, 0.15) is 19.4 Å². The topological polar surface area (TPSA) is 110 Å². The molecule has 0 spiro atoms. The number of nitro groups is 1. The Bertz CT molecular complexity index is 574. The van der Waals surface area contributed by atoms with Crippen LogP contribution < -0.4 is 5.32 Å². The second-order valence-corrected chi connectivity index (χ2v) is 5.69. The summed E-state index contributed by atoms with van der Waals surface area (Å²) in [4.78, 5) is 33.0. The molecule has 0 heterocycles. The fraction of sp³-hybridized carbons (Fsp3) is 0.385. The van der Waals surface area contributed by atoms with E-state index in [0.29, 0.717) is 10.0 Å². The van der Waals surface area contributed by atoms with Crippen LogP contribution >= 0.6 is 15.9 Å². The number of nitro benzene ring substituents is 1. The maximum Gasteiger partial charge on any atom is 0.326 e. The van der Waals surface area contributed by atoms with Crippen LogP contribution in [0.15, 0.2) is 22.7 Å². The summed E-state index contributed by atoms with van der Waals surface area (Å²) in [5.74, 6) is -1.79. The molecule has 0 aliphatic rings. The lowest BCUT2D eigenvalue weighted by Crippen LogP contribution is -2.44. The van der Waals surface area contributed by atoms with Gasteiger partial charge in [-0.05, 0) is 11.5 Å². The van der Waals surface area contributed by atoms with Gasteiger partial charge in [-0.3, -0.25) is 14.9 Å². The van der Waals surface area contributed by atoms with Crippen molar-refractivity contribution in [2.45, 2.75) is 26.3 Å². The van der Waals surface area contributed by atoms with Crippen LogP contribution in [-0.2, 0) is 16.0 Å². The number of aliphatic carboxylic acids is 1. The number of amides is 1. The number of rotatable bonds is 6. The van der Waals surface area contributed by atoms with E-state index in [1.807, 2.05) is 0 Å². The summed E-state index contributed by atoms with van der Waals surface area (Å²) in [5.41, 5.74) is 0.461. The van der Waals surface area contributed by atoms with Gasteiger partial charge < -0.3 is 10.4 Å². The molecule has 1 aromatic rings. The Balaban J connectivity index is 2.79. The number of non-ortho nitro benzene ring substituents is 1. The van der Waals surface area contributed by atoms with E-state index in [4.69, 9.17) is 5.11 Å². The number of halogens is 1. The molecule has 1 unspecified atom stereocenters. The minimum Gasteiger partial charge on any atom is -0.480 e. The Morgan fingerprint density at radius 2 is 2.05 bits per heavy atom. The first kappa shape index (κ1) is 17.1. The molecule has 0 saturated carbocycles. The van der Waals surface area contributed by atoms with Gasteiger partial charge in [0.1, 0.15) is 6.04 Å². The number of nitrogens with zero attached hydrogens (tertiary/aromatic N) is 1. The number of carbonyl (C=O) groups excluding carboxylic acids is 1. The van der Waals surface area contributed by atoms with Crippen molar-refractivity contribution in [3.05, 3.63) is 38.3 Å². The van der Waals surface area contributed by atoms with Crippen molar-refractivity contribution in [3.63, 3.8) is 0 Å². The van der Waals surface area contributed by atoms with Gasteiger partial charge in [-0.2, -0.15) is 0 Å². The molecular formula is C13H15BrN2O5. The molecule has 1 amide bonds. The molecule has 0 bridgehead atoms. The molecule has 8 heteroatoms. The molecule has 0 aromatic heterocycles. The van der Waals surface area contributed by atoms with E-state index >= 15 is 0 Å². The summed E-state index contributed by atoms with van der Waals surface area (Å²) >= 11 is 3.17. The third-order valence-electron chi connectivity index (χ3n) is 2.85. The van der Waals surface area contributed by atoms with Gasteiger partial charge in [0.15, 0.2) is 0 Å². The van der Waals surface area contributed by atoms with Gasteiger partial charge in [-0.1, -0.05) is 35.8 Å². The molecule has 1 rings (SSSR count). The lowest BCUT2D eigenvalue weighted by molar-refractivity contribution is -0.384. The van der Waals surface area contributed by atoms with Gasteiger partial charge in [0, 0.05) is 16.6 Å². The van der Waals surface area contributed by atoms with Crippen LogP contribution in [0, 0.1) is 16.0 Å². The van der Waals surface area contributed by atoms with Gasteiger partial charge >= 0.3 is 5.97 Å². The lowest BCUT2D eigenvalue weighted by atomic mass is 10.0. The normalized spacial score (nSPS) is 12.0. The highest BCUT2D eigenvalue weighted by Gasteiger charge is 2.23. The van der Waals surface area contributed by atoms with E-state index in [-0.39, 0.29) is 18.0 Å². The number of hydrogen-bond donors (Lipinski definition) is 2. The number of carboxylic acid groups (broad SMARTS) is 1. The Morgan fingerprint density at radius 1 is 1.43 bits per heavy atom. The van der Waals surface area contributed by atoms with Crippen molar-refractivity contribution in [3.8, 4) is 0 Å². The number of benzene rings is 1. The van der Waals surface area contributed by atoms with Crippen molar-refractivity contribution in [1.82, 2.24) is 5.32 Å². The molecule has 0 aliphatic heterocycles. The highest BCUT2D eigenvalue weighted by Crippen LogP contribution is 2.23. The molecule has 114 valence electrons. The van der Waals surface area contributed by atoms with E-state index in [9.17, 15) is 19.7 Å². The highest BCUT2D eigenvalue weighted by atomic mass is 79.9. The monoisotopic (exact) mass is 358 g/mol. The zero-order valence-corrected chi connectivity index (χ0v) is 13.1. The number of nitrogens with one attached hydrogen (secondary N) is 1. The lowest BCUT2D eigenvalue weighted by Gasteiger charge is -2.18. The number of carbonyl (C=O) groups is 2. The van der Waals surface area contributed by atoms with Crippen LogP contribution in [0.2, 0.25) is 0 Å². The van der Waals surface area contributed by atoms with Gasteiger partial charge in [0.05, 0.1) is 11.3 Å². The third kappa shape index (κ3) is 4.82. The van der Waals surface area contributed by atoms with E-state index in [2.05, 4.69) is 21.2 Å². The SMILES string of the molecule is CC(C)C(NC(=O)Cc1ccc([N+](=O)[O-])cc1Br)C(=O)O. The maximum absolute atomic E-state index is 11.9. The van der Waals surface area contributed by atoms with Crippen LogP contribution in [0.4, 0.5) is 5.69 Å². The predicted molar refractivity (Wildman–Crippen MR) is 78.9 cm³/mol. The zero-order valence-electron chi connectivity index (χ0n) is 11.5. The van der Waals surface area contributed by atoms with Crippen LogP contribution in [0.3, 0.4) is 0 Å². The molecule has 0 radical (unpaired) electrons. The molecule has 0 fully saturated rings. The number of carboxylic acids is 1. The molecule has 0 saturated heterocycles. The van der Waals surface area contributed by atoms with Crippen molar-refractivity contribution >= 4 is 33.5 Å². The van der Waals surface area contributed by atoms with Crippen LogP contribution in [0.25, 0.3) is 0 Å². The maximum atomic E-state index is 11.9. The summed E-state index contributed by atoms with van der Waals surface area (Å²) in [6.45, 7) is 3.39. The zero-order chi connectivity index (χ0) is 16.2. The highest BCUT2D eigenvalue weighted by molar-refractivity contribution is 9.10.